The zero-order valence-corrected chi connectivity index (χ0v) is 10.9. The minimum Gasteiger partial charge on any atom is -0.293 e. The zero-order chi connectivity index (χ0) is 11.5. The van der Waals surface area contributed by atoms with E-state index in [1.165, 1.54) is 12.8 Å². The summed E-state index contributed by atoms with van der Waals surface area (Å²) in [6.45, 7) is 1.94. The highest BCUT2D eigenvalue weighted by Gasteiger charge is 2.22. The van der Waals surface area contributed by atoms with Crippen molar-refractivity contribution in [3.63, 3.8) is 0 Å². The quantitative estimate of drug-likeness (QED) is 0.739. The zero-order valence-electron chi connectivity index (χ0n) is 9.33. The maximum atomic E-state index is 12.2. The minimum atomic E-state index is 0.161. The van der Waals surface area contributed by atoms with Gasteiger partial charge in [-0.1, -0.05) is 18.0 Å². The Morgan fingerprint density at radius 1 is 1.44 bits per heavy atom. The van der Waals surface area contributed by atoms with E-state index >= 15 is 0 Å². The molecule has 1 aliphatic rings. The SMILES string of the molecule is Cc1cc(C(=O)C2CCCCS2)ccc1Cl. The van der Waals surface area contributed by atoms with Gasteiger partial charge in [0.05, 0.1) is 5.25 Å². The van der Waals surface area contributed by atoms with Gasteiger partial charge in [-0.15, -0.1) is 0 Å². The number of carbonyl (C=O) groups excluding carboxylic acids is 1. The Kier molecular flexibility index (Phi) is 3.93. The summed E-state index contributed by atoms with van der Waals surface area (Å²) in [5.74, 6) is 1.38. The van der Waals surface area contributed by atoms with E-state index in [0.717, 1.165) is 28.3 Å². The van der Waals surface area contributed by atoms with Crippen molar-refractivity contribution in [2.45, 2.75) is 31.4 Å². The molecule has 1 nitrogen and oxygen atoms in total. The van der Waals surface area contributed by atoms with Crippen molar-refractivity contribution >= 4 is 29.1 Å². The van der Waals surface area contributed by atoms with E-state index in [9.17, 15) is 4.79 Å². The van der Waals surface area contributed by atoms with Crippen LogP contribution in [0, 0.1) is 6.92 Å². The summed E-state index contributed by atoms with van der Waals surface area (Å²) in [5.41, 5.74) is 1.79. The van der Waals surface area contributed by atoms with E-state index in [0.29, 0.717) is 0 Å². The van der Waals surface area contributed by atoms with Crippen LogP contribution in [0.4, 0.5) is 0 Å². The molecule has 1 aromatic carbocycles. The second-order valence-electron chi connectivity index (χ2n) is 4.18. The molecule has 0 radical (unpaired) electrons. The average Bonchev–Trinajstić information content (AvgIpc) is 2.33. The molecule has 3 heteroatoms. The fourth-order valence-corrected chi connectivity index (χ4v) is 3.33. The first-order valence-corrected chi connectivity index (χ1v) is 7.03. The first-order valence-electron chi connectivity index (χ1n) is 5.60. The third kappa shape index (κ3) is 2.61. The van der Waals surface area contributed by atoms with Gasteiger partial charge in [-0.05, 0) is 49.3 Å². The molecule has 16 heavy (non-hydrogen) atoms. The molecule has 1 fully saturated rings. The monoisotopic (exact) mass is 254 g/mol. The molecule has 1 aliphatic heterocycles. The van der Waals surface area contributed by atoms with Crippen molar-refractivity contribution < 1.29 is 4.79 Å². The van der Waals surface area contributed by atoms with Gasteiger partial charge >= 0.3 is 0 Å². The Labute approximate surface area is 106 Å². The number of halogens is 1. The summed E-state index contributed by atoms with van der Waals surface area (Å²) < 4.78 is 0. The van der Waals surface area contributed by atoms with E-state index in [1.54, 1.807) is 11.8 Å². The standard InChI is InChI=1S/C13H15ClOS/c1-9-8-10(5-6-11(9)14)13(15)12-4-2-3-7-16-12/h5-6,8,12H,2-4,7H2,1H3. The third-order valence-electron chi connectivity index (χ3n) is 2.91. The molecule has 86 valence electrons. The Morgan fingerprint density at radius 2 is 2.25 bits per heavy atom. The van der Waals surface area contributed by atoms with Crippen LogP contribution >= 0.6 is 23.4 Å². The van der Waals surface area contributed by atoms with Crippen molar-refractivity contribution in [2.24, 2.45) is 0 Å². The average molecular weight is 255 g/mol. The Morgan fingerprint density at radius 3 is 2.88 bits per heavy atom. The number of hydrogen-bond acceptors (Lipinski definition) is 2. The van der Waals surface area contributed by atoms with E-state index in [1.807, 2.05) is 25.1 Å². The van der Waals surface area contributed by atoms with Crippen LogP contribution in [-0.2, 0) is 0 Å². The Bertz CT molecular complexity index is 397. The maximum absolute atomic E-state index is 12.2. The number of hydrogen-bond donors (Lipinski definition) is 0. The van der Waals surface area contributed by atoms with Crippen LogP contribution in [0.1, 0.15) is 35.2 Å². The molecule has 0 N–H and O–H groups in total. The first kappa shape index (κ1) is 12.0. The van der Waals surface area contributed by atoms with Gasteiger partial charge in [-0.2, -0.15) is 11.8 Å². The van der Waals surface area contributed by atoms with Crippen molar-refractivity contribution in [1.29, 1.82) is 0 Å². The van der Waals surface area contributed by atoms with Gasteiger partial charge in [0.1, 0.15) is 0 Å². The van der Waals surface area contributed by atoms with Crippen LogP contribution in [0.5, 0.6) is 0 Å². The summed E-state index contributed by atoms with van der Waals surface area (Å²) in [4.78, 5) is 12.2. The van der Waals surface area contributed by atoms with E-state index in [-0.39, 0.29) is 11.0 Å². The normalized spacial score (nSPS) is 20.8. The van der Waals surface area contributed by atoms with E-state index in [4.69, 9.17) is 11.6 Å². The molecule has 0 spiro atoms. The topological polar surface area (TPSA) is 17.1 Å². The minimum absolute atomic E-state index is 0.161. The smallest absolute Gasteiger partial charge is 0.175 e. The number of thioether (sulfide) groups is 1. The van der Waals surface area contributed by atoms with Gasteiger partial charge in [0, 0.05) is 10.6 Å². The molecular weight excluding hydrogens is 240 g/mol. The summed E-state index contributed by atoms with van der Waals surface area (Å²) in [6, 6.07) is 5.56. The molecular formula is C13H15ClOS. The lowest BCUT2D eigenvalue weighted by atomic mass is 10.0. The summed E-state index contributed by atoms with van der Waals surface area (Å²) >= 11 is 7.75. The van der Waals surface area contributed by atoms with Crippen LogP contribution in [0.3, 0.4) is 0 Å². The molecule has 0 bridgehead atoms. The molecule has 2 rings (SSSR count). The highest BCUT2D eigenvalue weighted by atomic mass is 35.5. The number of Topliss-reactive ketones (excluding diaryl/α,β-unsaturated/α-hetero) is 1. The van der Waals surface area contributed by atoms with Gasteiger partial charge in [-0.25, -0.2) is 0 Å². The van der Waals surface area contributed by atoms with Gasteiger partial charge in [0.15, 0.2) is 5.78 Å². The predicted molar refractivity (Wildman–Crippen MR) is 70.6 cm³/mol. The lowest BCUT2D eigenvalue weighted by molar-refractivity contribution is 0.0985. The van der Waals surface area contributed by atoms with Gasteiger partial charge < -0.3 is 0 Å². The highest BCUT2D eigenvalue weighted by Crippen LogP contribution is 2.28. The fourth-order valence-electron chi connectivity index (χ4n) is 1.93. The largest absolute Gasteiger partial charge is 0.293 e. The molecule has 0 amide bonds. The van der Waals surface area contributed by atoms with Crippen LogP contribution in [0.15, 0.2) is 18.2 Å². The Hall–Kier alpha value is -0.470. The predicted octanol–water partition coefficient (Wildman–Crippen LogP) is 4.12. The summed E-state index contributed by atoms with van der Waals surface area (Å²) in [6.07, 6.45) is 3.44. The van der Waals surface area contributed by atoms with Gasteiger partial charge in [0.25, 0.3) is 0 Å². The fraction of sp³-hybridized carbons (Fsp3) is 0.462. The van der Waals surface area contributed by atoms with Crippen molar-refractivity contribution in [1.82, 2.24) is 0 Å². The van der Waals surface area contributed by atoms with Crippen LogP contribution in [-0.4, -0.2) is 16.8 Å². The number of benzene rings is 1. The second kappa shape index (κ2) is 5.24. The summed E-state index contributed by atoms with van der Waals surface area (Å²) in [7, 11) is 0. The Balaban J connectivity index is 2.16. The van der Waals surface area contributed by atoms with E-state index < -0.39 is 0 Å². The van der Waals surface area contributed by atoms with Crippen molar-refractivity contribution in [3.05, 3.63) is 34.3 Å². The van der Waals surface area contributed by atoms with Gasteiger partial charge in [-0.3, -0.25) is 4.79 Å². The van der Waals surface area contributed by atoms with Gasteiger partial charge in [0.2, 0.25) is 0 Å². The highest BCUT2D eigenvalue weighted by molar-refractivity contribution is 8.00. The lowest BCUT2D eigenvalue weighted by Gasteiger charge is -2.20. The third-order valence-corrected chi connectivity index (χ3v) is 4.72. The molecule has 0 saturated carbocycles. The maximum Gasteiger partial charge on any atom is 0.175 e. The molecule has 1 unspecified atom stereocenters. The number of ketones is 1. The second-order valence-corrected chi connectivity index (χ2v) is 5.90. The number of aryl methyl sites for hydroxylation is 1. The molecule has 1 atom stereocenters. The molecule has 0 aliphatic carbocycles. The summed E-state index contributed by atoms with van der Waals surface area (Å²) in [5, 5.41) is 0.891. The van der Waals surface area contributed by atoms with Crippen molar-refractivity contribution in [2.75, 3.05) is 5.75 Å². The lowest BCUT2D eigenvalue weighted by Crippen LogP contribution is -2.21. The van der Waals surface area contributed by atoms with Crippen LogP contribution < -0.4 is 0 Å². The van der Waals surface area contributed by atoms with E-state index in [2.05, 4.69) is 0 Å². The molecule has 1 heterocycles. The molecule has 0 aromatic heterocycles. The van der Waals surface area contributed by atoms with Crippen LogP contribution in [0.25, 0.3) is 0 Å². The van der Waals surface area contributed by atoms with Crippen molar-refractivity contribution in [3.8, 4) is 0 Å². The number of carbonyl (C=O) groups is 1. The molecule has 1 saturated heterocycles. The van der Waals surface area contributed by atoms with Crippen LogP contribution in [0.2, 0.25) is 5.02 Å². The molecule has 1 aromatic rings. The first-order chi connectivity index (χ1) is 7.68. The number of rotatable bonds is 2.